The highest BCUT2D eigenvalue weighted by atomic mass is 16.3. The van der Waals surface area contributed by atoms with Crippen LogP contribution in [0, 0.1) is 11.3 Å². The van der Waals surface area contributed by atoms with Crippen LogP contribution in [0.4, 0.5) is 0 Å². The number of pyridine rings is 1. The summed E-state index contributed by atoms with van der Waals surface area (Å²) in [5.41, 5.74) is 4.23. The predicted molar refractivity (Wildman–Crippen MR) is 111 cm³/mol. The molecule has 0 spiro atoms. The minimum absolute atomic E-state index is 0.507. The molecule has 0 aliphatic carbocycles. The number of furan rings is 1. The predicted octanol–water partition coefficient (Wildman–Crippen LogP) is 6.11. The normalized spacial score (nSPS) is 12.5. The van der Waals surface area contributed by atoms with Crippen molar-refractivity contribution in [2.45, 2.75) is 6.37 Å². The second kappa shape index (κ2) is 6.68. The lowest BCUT2D eigenvalue weighted by Gasteiger charge is -2.06. The summed E-state index contributed by atoms with van der Waals surface area (Å²) in [5, 5.41) is 11.2. The van der Waals surface area contributed by atoms with Crippen LogP contribution in [0.15, 0.2) is 89.5 Å². The minimum Gasteiger partial charge on any atom is -0.455 e. The van der Waals surface area contributed by atoms with Crippen molar-refractivity contribution in [3.63, 3.8) is 0 Å². The van der Waals surface area contributed by atoms with E-state index in [1.807, 2.05) is 48.5 Å². The van der Waals surface area contributed by atoms with Gasteiger partial charge in [-0.25, -0.2) is 0 Å². The van der Waals surface area contributed by atoms with Crippen LogP contribution < -0.4 is 0 Å². The van der Waals surface area contributed by atoms with Gasteiger partial charge in [0.1, 0.15) is 11.2 Å². The molecule has 3 nitrogen and oxygen atoms in total. The van der Waals surface area contributed by atoms with Crippen LogP contribution in [0.2, 0.25) is 0 Å². The molecule has 2 aromatic heterocycles. The fraction of sp³-hybridized carbons (Fsp3) is 0.0400. The van der Waals surface area contributed by atoms with E-state index in [2.05, 4.69) is 11.1 Å². The van der Waals surface area contributed by atoms with Crippen molar-refractivity contribution in [3.8, 4) is 17.3 Å². The quantitative estimate of drug-likeness (QED) is 0.389. The van der Waals surface area contributed by atoms with Gasteiger partial charge in [0.2, 0.25) is 0 Å². The molecule has 0 aliphatic rings. The van der Waals surface area contributed by atoms with E-state index in [1.165, 1.54) is 0 Å². The van der Waals surface area contributed by atoms with Gasteiger partial charge in [-0.1, -0.05) is 48.5 Å². The van der Waals surface area contributed by atoms with E-state index in [4.69, 9.17) is 7.16 Å². The summed E-state index contributed by atoms with van der Waals surface area (Å²) in [5.74, 6) is 0. The van der Waals surface area contributed by atoms with Gasteiger partial charge in [0.25, 0.3) is 0 Å². The largest absolute Gasteiger partial charge is 0.455 e. The van der Waals surface area contributed by atoms with Crippen molar-refractivity contribution >= 4 is 21.9 Å². The summed E-state index contributed by atoms with van der Waals surface area (Å²) in [6.45, 7) is 0. The Bertz CT molecular complexity index is 1430. The zero-order chi connectivity index (χ0) is 20.7. The maximum atomic E-state index is 9.59. The Kier molecular flexibility index (Phi) is 3.39. The number of rotatable bonds is 3. The van der Waals surface area contributed by atoms with E-state index in [-0.39, 0.29) is 0 Å². The number of fused-ring (bicyclic) bond motifs is 3. The van der Waals surface area contributed by atoms with E-state index >= 15 is 0 Å². The molecular formula is C25H16N2O. The Morgan fingerprint density at radius 1 is 0.929 bits per heavy atom. The maximum absolute atomic E-state index is 9.59. The van der Waals surface area contributed by atoms with Crippen LogP contribution in [0.1, 0.15) is 19.4 Å². The standard InChI is InChI=1S/C25H16N2O/c26-16-19-10-11-20(25-24(19)21-8-4-5-9-23(21)28-25)22-15-18(12-13-27-22)14-17-6-2-1-3-7-17/h1-13,15H,14H2/i14D2. The first-order valence-corrected chi connectivity index (χ1v) is 8.96. The lowest BCUT2D eigenvalue weighted by Crippen LogP contribution is -1.91. The Labute approximate surface area is 165 Å². The molecule has 0 unspecified atom stereocenters. The third-order valence-electron chi connectivity index (χ3n) is 4.74. The summed E-state index contributed by atoms with van der Waals surface area (Å²) >= 11 is 0. The van der Waals surface area contributed by atoms with E-state index in [1.54, 1.807) is 36.5 Å². The zero-order valence-electron chi connectivity index (χ0n) is 16.9. The van der Waals surface area contributed by atoms with Gasteiger partial charge < -0.3 is 4.42 Å². The molecule has 5 aromatic rings. The molecule has 3 heteroatoms. The summed E-state index contributed by atoms with van der Waals surface area (Å²) in [6, 6.07) is 26.0. The van der Waals surface area contributed by atoms with Crippen molar-refractivity contribution in [2.24, 2.45) is 0 Å². The van der Waals surface area contributed by atoms with E-state index in [9.17, 15) is 5.26 Å². The first-order valence-electron chi connectivity index (χ1n) is 9.96. The van der Waals surface area contributed by atoms with Gasteiger partial charge in [0.15, 0.2) is 0 Å². The van der Waals surface area contributed by atoms with Crippen molar-refractivity contribution in [3.05, 3.63) is 102 Å². The van der Waals surface area contributed by atoms with Crippen LogP contribution in [-0.2, 0) is 6.37 Å². The molecular weight excluding hydrogens is 344 g/mol. The second-order valence-corrected chi connectivity index (χ2v) is 6.50. The number of hydrogen-bond donors (Lipinski definition) is 0. The lowest BCUT2D eigenvalue weighted by molar-refractivity contribution is 0.669. The molecule has 132 valence electrons. The number of hydrogen-bond acceptors (Lipinski definition) is 3. The van der Waals surface area contributed by atoms with Gasteiger partial charge in [-0.15, -0.1) is 0 Å². The number of benzene rings is 3. The fourth-order valence-corrected chi connectivity index (χ4v) is 3.47. The molecule has 0 fully saturated rings. The molecule has 0 atom stereocenters. The average Bonchev–Trinajstić information content (AvgIpc) is 3.19. The van der Waals surface area contributed by atoms with Crippen molar-refractivity contribution in [1.29, 1.82) is 5.26 Å². The van der Waals surface area contributed by atoms with Crippen LogP contribution in [0.25, 0.3) is 33.2 Å². The van der Waals surface area contributed by atoms with Gasteiger partial charge in [-0.3, -0.25) is 4.98 Å². The zero-order valence-corrected chi connectivity index (χ0v) is 14.9. The Balaban J connectivity index is 1.73. The van der Waals surface area contributed by atoms with E-state index in [0.717, 1.165) is 16.3 Å². The molecule has 0 N–H and O–H groups in total. The summed E-state index contributed by atoms with van der Waals surface area (Å²) in [6.07, 6.45) is -0.0589. The van der Waals surface area contributed by atoms with Crippen molar-refractivity contribution in [1.82, 2.24) is 4.98 Å². The highest BCUT2D eigenvalue weighted by molar-refractivity contribution is 6.11. The molecule has 0 radical (unpaired) electrons. The summed E-state index contributed by atoms with van der Waals surface area (Å²) in [4.78, 5) is 4.48. The number of nitrogens with zero attached hydrogens (tertiary/aromatic N) is 2. The lowest BCUT2D eigenvalue weighted by atomic mass is 9.99. The highest BCUT2D eigenvalue weighted by Crippen LogP contribution is 2.37. The molecule has 0 saturated heterocycles. The Hall–Kier alpha value is -3.90. The van der Waals surface area contributed by atoms with Crippen LogP contribution in [-0.4, -0.2) is 4.98 Å². The molecule has 28 heavy (non-hydrogen) atoms. The fourth-order valence-electron chi connectivity index (χ4n) is 3.47. The topological polar surface area (TPSA) is 49.8 Å². The molecule has 0 saturated carbocycles. The number of aromatic nitrogens is 1. The third-order valence-corrected chi connectivity index (χ3v) is 4.74. The smallest absolute Gasteiger partial charge is 0.146 e. The Morgan fingerprint density at radius 2 is 1.75 bits per heavy atom. The van der Waals surface area contributed by atoms with Crippen LogP contribution >= 0.6 is 0 Å². The highest BCUT2D eigenvalue weighted by Gasteiger charge is 2.16. The van der Waals surface area contributed by atoms with Gasteiger partial charge in [-0.05, 0) is 47.8 Å². The summed E-state index contributed by atoms with van der Waals surface area (Å²) < 4.78 is 23.4. The monoisotopic (exact) mass is 362 g/mol. The van der Waals surface area contributed by atoms with E-state index < -0.39 is 6.37 Å². The van der Waals surface area contributed by atoms with Gasteiger partial charge in [-0.2, -0.15) is 5.26 Å². The first-order chi connectivity index (χ1) is 14.6. The van der Waals surface area contributed by atoms with Crippen LogP contribution in [0.3, 0.4) is 0 Å². The average molecular weight is 362 g/mol. The third kappa shape index (κ3) is 2.72. The Morgan fingerprint density at radius 3 is 2.61 bits per heavy atom. The van der Waals surface area contributed by atoms with Crippen LogP contribution in [0.5, 0.6) is 0 Å². The molecule has 0 bridgehead atoms. The van der Waals surface area contributed by atoms with Gasteiger partial charge >= 0.3 is 0 Å². The number of nitriles is 1. The molecule has 5 rings (SSSR count). The minimum atomic E-state index is -1.67. The summed E-state index contributed by atoms with van der Waals surface area (Å²) in [7, 11) is 0. The first kappa shape index (κ1) is 14.2. The number of para-hydroxylation sites is 1. The van der Waals surface area contributed by atoms with Gasteiger partial charge in [0, 0.05) is 25.3 Å². The second-order valence-electron chi connectivity index (χ2n) is 6.50. The SMILES string of the molecule is [2H]C([2H])(c1ccccc1)c1ccnc(-c2ccc(C#N)c3c2oc2ccccc23)c1. The molecule has 0 amide bonds. The molecule has 3 aromatic carbocycles. The van der Waals surface area contributed by atoms with E-state index in [0.29, 0.717) is 33.6 Å². The van der Waals surface area contributed by atoms with Crippen molar-refractivity contribution < 1.29 is 7.16 Å². The maximum Gasteiger partial charge on any atom is 0.146 e. The van der Waals surface area contributed by atoms with Crippen molar-refractivity contribution in [2.75, 3.05) is 0 Å². The molecule has 0 aliphatic heterocycles. The van der Waals surface area contributed by atoms with Gasteiger partial charge in [0.05, 0.1) is 17.3 Å². The molecule has 2 heterocycles.